The Hall–Kier alpha value is -4.58. The van der Waals surface area contributed by atoms with Crippen LogP contribution in [0.3, 0.4) is 0 Å². The van der Waals surface area contributed by atoms with E-state index in [4.69, 9.17) is 9.47 Å². The minimum absolute atomic E-state index is 0.0300. The average Bonchev–Trinajstić information content (AvgIpc) is 2.99. The molecule has 12 heteroatoms. The van der Waals surface area contributed by atoms with Crippen LogP contribution in [0.4, 0.5) is 5.95 Å². The molecule has 3 heterocycles. The maximum Gasteiger partial charge on any atom is 0.264 e. The standard InChI is InChI=1S/C35H42N6O5S/c1-22(2)46-27-18-36-30(37-19-27)20-41-26(14-15-35(5,6)7)21-45-31-17-29(32-23(3)10-8-11-24(32)4)38-34(39-31)40-47(43,44)28-13-9-12-25(16-28)33(41)42/h8-13,16-19,22,26H,14-15,20-21H2,1-7H3,(H,38,39,40). The highest BCUT2D eigenvalue weighted by Gasteiger charge is 2.30. The van der Waals surface area contributed by atoms with E-state index in [-0.39, 0.29) is 52.9 Å². The van der Waals surface area contributed by atoms with Crippen molar-refractivity contribution < 1.29 is 22.7 Å². The van der Waals surface area contributed by atoms with Crippen LogP contribution in [0.2, 0.25) is 0 Å². The lowest BCUT2D eigenvalue weighted by molar-refractivity contribution is 0.0545. The van der Waals surface area contributed by atoms with Gasteiger partial charge in [-0.25, -0.2) is 28.1 Å². The van der Waals surface area contributed by atoms with E-state index in [0.29, 0.717) is 23.7 Å². The van der Waals surface area contributed by atoms with E-state index in [9.17, 15) is 13.2 Å². The first-order valence-electron chi connectivity index (χ1n) is 15.7. The van der Waals surface area contributed by atoms with Gasteiger partial charge in [0.25, 0.3) is 15.9 Å². The Labute approximate surface area is 276 Å². The van der Waals surface area contributed by atoms with Crippen molar-refractivity contribution in [2.24, 2.45) is 5.41 Å². The number of fused-ring (bicyclic) bond motifs is 4. The van der Waals surface area contributed by atoms with E-state index in [1.807, 2.05) is 45.9 Å². The number of ether oxygens (including phenoxy) is 2. The van der Waals surface area contributed by atoms with E-state index < -0.39 is 16.1 Å². The van der Waals surface area contributed by atoms with Gasteiger partial charge in [0.2, 0.25) is 11.8 Å². The predicted molar refractivity (Wildman–Crippen MR) is 180 cm³/mol. The highest BCUT2D eigenvalue weighted by Crippen LogP contribution is 2.31. The first kappa shape index (κ1) is 33.8. The minimum Gasteiger partial charge on any atom is -0.488 e. The van der Waals surface area contributed by atoms with Gasteiger partial charge in [-0.05, 0) is 75.3 Å². The van der Waals surface area contributed by atoms with Crippen molar-refractivity contribution in [1.29, 1.82) is 0 Å². The molecule has 248 valence electrons. The first-order chi connectivity index (χ1) is 22.2. The van der Waals surface area contributed by atoms with E-state index in [1.165, 1.54) is 12.1 Å². The molecule has 0 fully saturated rings. The molecule has 47 heavy (non-hydrogen) atoms. The number of carbonyl (C=O) groups excluding carboxylic acids is 1. The summed E-state index contributed by atoms with van der Waals surface area (Å²) >= 11 is 0. The Bertz CT molecular complexity index is 1840. The zero-order valence-corrected chi connectivity index (χ0v) is 28.8. The first-order valence-corrected chi connectivity index (χ1v) is 17.2. The number of nitrogens with zero attached hydrogens (tertiary/aromatic N) is 5. The van der Waals surface area contributed by atoms with Gasteiger partial charge in [-0.3, -0.25) is 4.79 Å². The SMILES string of the molecule is Cc1cccc(C)c1-c1cc2nc(n1)NS(=O)(=O)c1cccc(c1)C(=O)N(Cc1ncc(OC(C)C)cn1)C(CCC(C)(C)C)CO2. The lowest BCUT2D eigenvalue weighted by Crippen LogP contribution is -2.44. The largest absolute Gasteiger partial charge is 0.488 e. The summed E-state index contributed by atoms with van der Waals surface area (Å²) in [4.78, 5) is 33.9. The number of aromatic nitrogens is 4. The third-order valence-electron chi connectivity index (χ3n) is 7.77. The Morgan fingerprint density at radius 1 is 1.02 bits per heavy atom. The summed E-state index contributed by atoms with van der Waals surface area (Å²) in [7, 11) is -4.18. The third-order valence-corrected chi connectivity index (χ3v) is 9.10. The molecule has 1 N–H and O–H groups in total. The molecule has 0 saturated carbocycles. The van der Waals surface area contributed by atoms with Crippen LogP contribution in [0, 0.1) is 19.3 Å². The van der Waals surface area contributed by atoms with E-state index in [1.54, 1.807) is 35.5 Å². The van der Waals surface area contributed by atoms with Crippen molar-refractivity contribution in [1.82, 2.24) is 24.8 Å². The quantitative estimate of drug-likeness (QED) is 0.240. The summed E-state index contributed by atoms with van der Waals surface area (Å²) in [6.07, 6.45) is 4.52. The number of rotatable bonds is 7. The second kappa shape index (κ2) is 13.6. The summed E-state index contributed by atoms with van der Waals surface area (Å²) in [5.41, 5.74) is 3.49. The molecule has 4 bridgehead atoms. The lowest BCUT2D eigenvalue weighted by Gasteiger charge is -2.33. The van der Waals surface area contributed by atoms with Crippen LogP contribution in [0.15, 0.2) is 65.8 Å². The summed E-state index contributed by atoms with van der Waals surface area (Å²) in [6, 6.07) is 13.1. The molecule has 4 aromatic rings. The van der Waals surface area contributed by atoms with E-state index in [0.717, 1.165) is 23.1 Å². The molecule has 0 radical (unpaired) electrons. The zero-order chi connectivity index (χ0) is 33.9. The Morgan fingerprint density at radius 2 is 1.70 bits per heavy atom. The molecule has 0 spiro atoms. The maximum absolute atomic E-state index is 14.3. The topological polar surface area (TPSA) is 136 Å². The summed E-state index contributed by atoms with van der Waals surface area (Å²) in [5, 5.41) is 0. The second-order valence-electron chi connectivity index (χ2n) is 13.3. The smallest absolute Gasteiger partial charge is 0.264 e. The second-order valence-corrected chi connectivity index (χ2v) is 15.0. The van der Waals surface area contributed by atoms with E-state index >= 15 is 0 Å². The van der Waals surface area contributed by atoms with Crippen LogP contribution in [-0.4, -0.2) is 57.9 Å². The zero-order valence-electron chi connectivity index (χ0n) is 27.9. The highest BCUT2D eigenvalue weighted by atomic mass is 32.2. The number of hydrogen-bond donors (Lipinski definition) is 1. The fourth-order valence-electron chi connectivity index (χ4n) is 5.42. The molecule has 1 aliphatic heterocycles. The van der Waals surface area contributed by atoms with Crippen LogP contribution in [-0.2, 0) is 16.6 Å². The van der Waals surface area contributed by atoms with Crippen LogP contribution in [0.25, 0.3) is 11.3 Å². The fraction of sp³-hybridized carbons (Fsp3) is 0.400. The number of hydrogen-bond acceptors (Lipinski definition) is 9. The van der Waals surface area contributed by atoms with Crippen LogP contribution in [0.5, 0.6) is 11.6 Å². The number of aryl methyl sites for hydroxylation is 2. The van der Waals surface area contributed by atoms with Gasteiger partial charge in [0.1, 0.15) is 12.4 Å². The van der Waals surface area contributed by atoms with Gasteiger partial charge in [-0.1, -0.05) is 45.0 Å². The molecule has 1 atom stereocenters. The van der Waals surface area contributed by atoms with Crippen molar-refractivity contribution in [3.05, 3.63) is 83.4 Å². The molecule has 2 aromatic heterocycles. The third kappa shape index (κ3) is 8.42. The number of anilines is 1. The molecule has 5 rings (SSSR count). The molecule has 0 saturated heterocycles. The molecular weight excluding hydrogens is 616 g/mol. The number of carbonyl (C=O) groups is 1. The number of benzene rings is 2. The normalized spacial score (nSPS) is 16.4. The molecule has 0 aliphatic carbocycles. The molecule has 1 amide bonds. The van der Waals surface area contributed by atoms with Crippen molar-refractivity contribution in [2.75, 3.05) is 11.3 Å². The Kier molecular flexibility index (Phi) is 9.81. The molecule has 2 aromatic carbocycles. The maximum atomic E-state index is 14.3. The van der Waals surface area contributed by atoms with Crippen molar-refractivity contribution in [3.8, 4) is 22.9 Å². The number of sulfonamides is 1. The summed E-state index contributed by atoms with van der Waals surface area (Å²) < 4.78 is 41.8. The average molecular weight is 659 g/mol. The number of amides is 1. The van der Waals surface area contributed by atoms with Crippen molar-refractivity contribution in [2.45, 2.75) is 84.9 Å². The van der Waals surface area contributed by atoms with Gasteiger partial charge >= 0.3 is 0 Å². The number of nitrogens with one attached hydrogen (secondary N) is 1. The van der Waals surface area contributed by atoms with Gasteiger partial charge in [-0.2, -0.15) is 4.98 Å². The van der Waals surface area contributed by atoms with Gasteiger partial charge in [0.15, 0.2) is 5.75 Å². The summed E-state index contributed by atoms with van der Waals surface area (Å²) in [6.45, 7) is 14.4. The molecule has 1 aliphatic rings. The van der Waals surface area contributed by atoms with E-state index in [2.05, 4.69) is 45.4 Å². The Morgan fingerprint density at radius 3 is 2.36 bits per heavy atom. The molecular formula is C35H42N6O5S. The van der Waals surface area contributed by atoms with Crippen molar-refractivity contribution >= 4 is 21.9 Å². The minimum atomic E-state index is -4.18. The van der Waals surface area contributed by atoms with Gasteiger partial charge in [0, 0.05) is 17.2 Å². The van der Waals surface area contributed by atoms with Gasteiger partial charge in [0.05, 0.1) is 41.7 Å². The van der Waals surface area contributed by atoms with Crippen LogP contribution >= 0.6 is 0 Å². The van der Waals surface area contributed by atoms with Crippen LogP contribution in [0.1, 0.15) is 74.8 Å². The predicted octanol–water partition coefficient (Wildman–Crippen LogP) is 6.37. The lowest BCUT2D eigenvalue weighted by atomic mass is 9.88. The summed E-state index contributed by atoms with van der Waals surface area (Å²) in [5.74, 6) is 0.616. The Balaban J connectivity index is 1.63. The van der Waals surface area contributed by atoms with Gasteiger partial charge in [-0.15, -0.1) is 0 Å². The van der Waals surface area contributed by atoms with Gasteiger partial charge < -0.3 is 14.4 Å². The monoisotopic (exact) mass is 658 g/mol. The highest BCUT2D eigenvalue weighted by molar-refractivity contribution is 7.92. The van der Waals surface area contributed by atoms with Crippen molar-refractivity contribution in [3.63, 3.8) is 0 Å². The fourth-order valence-corrected chi connectivity index (χ4v) is 6.41. The van der Waals surface area contributed by atoms with Crippen LogP contribution < -0.4 is 14.2 Å². The molecule has 1 unspecified atom stereocenters. The molecule has 11 nitrogen and oxygen atoms in total.